The third kappa shape index (κ3) is 1.20. The van der Waals surface area contributed by atoms with Crippen molar-refractivity contribution in [3.8, 4) is 0 Å². The summed E-state index contributed by atoms with van der Waals surface area (Å²) in [5.41, 5.74) is 6.69. The summed E-state index contributed by atoms with van der Waals surface area (Å²) in [6.45, 7) is 1.68. The second-order valence-corrected chi connectivity index (χ2v) is 2.88. The Bertz CT molecular complexity index is 468. The Morgan fingerprint density at radius 2 is 2.08 bits per heavy atom. The Labute approximate surface area is 74.4 Å². The average Bonchev–Trinajstić information content (AvgIpc) is 2.09. The molecule has 2 N–H and O–H groups in total. The van der Waals surface area contributed by atoms with E-state index in [1.165, 1.54) is 12.4 Å². The van der Waals surface area contributed by atoms with Gasteiger partial charge in [0.1, 0.15) is 18.0 Å². The van der Waals surface area contributed by atoms with Crippen LogP contribution in [-0.2, 0) is 0 Å². The Kier molecular flexibility index (Phi) is 1.62. The highest BCUT2D eigenvalue weighted by molar-refractivity contribution is 5.88. The van der Waals surface area contributed by atoms with E-state index in [2.05, 4.69) is 9.97 Å². The summed E-state index contributed by atoms with van der Waals surface area (Å²) in [7, 11) is 0. The Balaban J connectivity index is 2.89. The van der Waals surface area contributed by atoms with Crippen LogP contribution in [0.4, 0.5) is 10.2 Å². The summed E-state index contributed by atoms with van der Waals surface area (Å²) in [6.07, 6.45) is 1.33. The van der Waals surface area contributed by atoms with E-state index < -0.39 is 0 Å². The van der Waals surface area contributed by atoms with Crippen molar-refractivity contribution in [1.29, 1.82) is 0 Å². The molecule has 0 fully saturated rings. The summed E-state index contributed by atoms with van der Waals surface area (Å²) in [5, 5.41) is 0.696. The molecule has 0 aliphatic heterocycles. The van der Waals surface area contributed by atoms with Crippen molar-refractivity contribution in [2.75, 3.05) is 5.73 Å². The van der Waals surface area contributed by atoms with Gasteiger partial charge in [0.2, 0.25) is 0 Å². The van der Waals surface area contributed by atoms with Crippen LogP contribution in [0.25, 0.3) is 10.9 Å². The lowest BCUT2D eigenvalue weighted by atomic mass is 10.1. The first-order chi connectivity index (χ1) is 6.18. The van der Waals surface area contributed by atoms with Gasteiger partial charge in [-0.1, -0.05) is 0 Å². The third-order valence-electron chi connectivity index (χ3n) is 1.95. The fourth-order valence-corrected chi connectivity index (χ4v) is 1.21. The minimum atomic E-state index is -0.273. The predicted octanol–water partition coefficient (Wildman–Crippen LogP) is 1.66. The smallest absolute Gasteiger partial charge is 0.134 e. The van der Waals surface area contributed by atoms with Crippen molar-refractivity contribution in [2.24, 2.45) is 0 Å². The number of hydrogen-bond donors (Lipinski definition) is 1. The lowest BCUT2D eigenvalue weighted by Gasteiger charge is -2.01. The van der Waals surface area contributed by atoms with E-state index in [0.717, 1.165) is 0 Å². The van der Waals surface area contributed by atoms with Gasteiger partial charge in [-0.3, -0.25) is 0 Å². The second-order valence-electron chi connectivity index (χ2n) is 2.88. The maximum atomic E-state index is 13.1. The number of fused-ring (bicyclic) bond motifs is 1. The molecule has 0 atom stereocenters. The van der Waals surface area contributed by atoms with E-state index in [1.54, 1.807) is 13.0 Å². The first kappa shape index (κ1) is 7.91. The zero-order valence-corrected chi connectivity index (χ0v) is 7.08. The van der Waals surface area contributed by atoms with E-state index in [9.17, 15) is 4.39 Å². The largest absolute Gasteiger partial charge is 0.383 e. The van der Waals surface area contributed by atoms with E-state index in [0.29, 0.717) is 22.3 Å². The third-order valence-corrected chi connectivity index (χ3v) is 1.95. The van der Waals surface area contributed by atoms with Crippen molar-refractivity contribution in [2.45, 2.75) is 6.92 Å². The fourth-order valence-electron chi connectivity index (χ4n) is 1.21. The number of halogens is 1. The molecule has 2 rings (SSSR count). The summed E-state index contributed by atoms with van der Waals surface area (Å²) in [5.74, 6) is 0.110. The van der Waals surface area contributed by atoms with Gasteiger partial charge >= 0.3 is 0 Å². The number of aromatic nitrogens is 2. The van der Waals surface area contributed by atoms with E-state index in [1.807, 2.05) is 0 Å². The topological polar surface area (TPSA) is 51.8 Å². The minimum Gasteiger partial charge on any atom is -0.383 e. The number of nitrogens with two attached hydrogens (primary N) is 1. The van der Waals surface area contributed by atoms with Crippen molar-refractivity contribution in [3.05, 3.63) is 29.8 Å². The highest BCUT2D eigenvalue weighted by Gasteiger charge is 2.04. The number of nitrogens with zero attached hydrogens (tertiary/aromatic N) is 2. The van der Waals surface area contributed by atoms with Gasteiger partial charge in [-0.15, -0.1) is 0 Å². The number of rotatable bonds is 0. The zero-order valence-electron chi connectivity index (χ0n) is 7.08. The van der Waals surface area contributed by atoms with Gasteiger partial charge in [0.25, 0.3) is 0 Å². The highest BCUT2D eigenvalue weighted by Crippen LogP contribution is 2.19. The van der Waals surface area contributed by atoms with Crippen LogP contribution in [0, 0.1) is 12.7 Å². The first-order valence-corrected chi connectivity index (χ1v) is 3.85. The van der Waals surface area contributed by atoms with Crippen LogP contribution in [0.5, 0.6) is 0 Å². The molecule has 1 heterocycles. The molecule has 0 aliphatic carbocycles. The molecule has 0 saturated heterocycles. The van der Waals surface area contributed by atoms with E-state index in [-0.39, 0.29) is 5.82 Å². The number of benzene rings is 1. The number of hydrogen-bond acceptors (Lipinski definition) is 3. The molecular weight excluding hydrogens is 169 g/mol. The predicted molar refractivity (Wildman–Crippen MR) is 48.6 cm³/mol. The molecule has 66 valence electrons. The number of aryl methyl sites for hydroxylation is 1. The maximum absolute atomic E-state index is 13.1. The van der Waals surface area contributed by atoms with Gasteiger partial charge in [-0.25, -0.2) is 14.4 Å². The summed E-state index contributed by atoms with van der Waals surface area (Å²) >= 11 is 0. The van der Waals surface area contributed by atoms with Gasteiger partial charge in [0.15, 0.2) is 0 Å². The normalized spacial score (nSPS) is 10.6. The summed E-state index contributed by atoms with van der Waals surface area (Å²) < 4.78 is 13.1. The van der Waals surface area contributed by atoms with Crippen molar-refractivity contribution in [3.63, 3.8) is 0 Å². The minimum absolute atomic E-state index is 0.273. The highest BCUT2D eigenvalue weighted by atomic mass is 19.1. The standard InChI is InChI=1S/C9H8FN3/c1-5-2-6-8(3-7(5)10)12-4-13-9(6)11/h2-4H,1H3,(H2,11,12,13). The lowest BCUT2D eigenvalue weighted by Crippen LogP contribution is -1.94. The average molecular weight is 177 g/mol. The van der Waals surface area contributed by atoms with Crippen LogP contribution in [0.15, 0.2) is 18.5 Å². The SMILES string of the molecule is Cc1cc2c(N)ncnc2cc1F. The van der Waals surface area contributed by atoms with Crippen LogP contribution < -0.4 is 5.73 Å². The molecule has 2 aromatic rings. The van der Waals surface area contributed by atoms with E-state index in [4.69, 9.17) is 5.73 Å². The lowest BCUT2D eigenvalue weighted by molar-refractivity contribution is 0.620. The van der Waals surface area contributed by atoms with Crippen LogP contribution in [0.1, 0.15) is 5.56 Å². The van der Waals surface area contributed by atoms with Crippen molar-refractivity contribution >= 4 is 16.7 Å². The molecule has 0 saturated carbocycles. The maximum Gasteiger partial charge on any atom is 0.134 e. The summed E-state index contributed by atoms with van der Waals surface area (Å²) in [6, 6.07) is 3.02. The number of nitrogen functional groups attached to an aromatic ring is 1. The van der Waals surface area contributed by atoms with Crippen LogP contribution in [-0.4, -0.2) is 9.97 Å². The van der Waals surface area contributed by atoms with E-state index >= 15 is 0 Å². The molecule has 1 aromatic carbocycles. The Morgan fingerprint density at radius 3 is 2.85 bits per heavy atom. The molecular formula is C9H8FN3. The molecule has 0 bridgehead atoms. The van der Waals surface area contributed by atoms with Gasteiger partial charge < -0.3 is 5.73 Å². The molecule has 1 aromatic heterocycles. The first-order valence-electron chi connectivity index (χ1n) is 3.85. The summed E-state index contributed by atoms with van der Waals surface area (Å²) in [4.78, 5) is 7.74. The molecule has 0 aliphatic rings. The molecule has 4 heteroatoms. The van der Waals surface area contributed by atoms with Gasteiger partial charge in [0, 0.05) is 11.5 Å². The van der Waals surface area contributed by atoms with Crippen molar-refractivity contribution in [1.82, 2.24) is 9.97 Å². The van der Waals surface area contributed by atoms with Crippen LogP contribution in [0.3, 0.4) is 0 Å². The number of anilines is 1. The van der Waals surface area contributed by atoms with Crippen molar-refractivity contribution < 1.29 is 4.39 Å². The molecule has 13 heavy (non-hydrogen) atoms. The molecule has 3 nitrogen and oxygen atoms in total. The van der Waals surface area contributed by atoms with Gasteiger partial charge in [-0.2, -0.15) is 0 Å². The monoisotopic (exact) mass is 177 g/mol. The van der Waals surface area contributed by atoms with Gasteiger partial charge in [-0.05, 0) is 18.6 Å². The molecule has 0 unspecified atom stereocenters. The second kappa shape index (κ2) is 2.65. The Morgan fingerprint density at radius 1 is 1.31 bits per heavy atom. The quantitative estimate of drug-likeness (QED) is 0.665. The van der Waals surface area contributed by atoms with Crippen LogP contribution >= 0.6 is 0 Å². The van der Waals surface area contributed by atoms with Crippen LogP contribution in [0.2, 0.25) is 0 Å². The molecule has 0 radical (unpaired) electrons. The van der Waals surface area contributed by atoms with Gasteiger partial charge in [0.05, 0.1) is 5.52 Å². The molecule has 0 amide bonds. The fraction of sp³-hybridized carbons (Fsp3) is 0.111. The Hall–Kier alpha value is -1.71. The zero-order chi connectivity index (χ0) is 9.42. The molecule has 0 spiro atoms.